The van der Waals surface area contributed by atoms with Crippen LogP contribution in [0.15, 0.2) is 18.5 Å². The lowest BCUT2D eigenvalue weighted by molar-refractivity contribution is 0.316. The van der Waals surface area contributed by atoms with E-state index in [9.17, 15) is 5.26 Å². The van der Waals surface area contributed by atoms with E-state index in [0.29, 0.717) is 12.3 Å². The molecule has 0 aliphatic heterocycles. The van der Waals surface area contributed by atoms with Crippen molar-refractivity contribution in [3.05, 3.63) is 34.6 Å². The molecule has 124 valence electrons. The van der Waals surface area contributed by atoms with Gasteiger partial charge in [0.15, 0.2) is 0 Å². The maximum Gasteiger partial charge on any atom is 0.100 e. The molecule has 1 saturated carbocycles. The number of hydrogen-bond donors (Lipinski definition) is 0. The number of hydrogen-bond acceptors (Lipinski definition) is 3. The number of pyridine rings is 1. The van der Waals surface area contributed by atoms with Crippen molar-refractivity contribution in [2.24, 2.45) is 5.92 Å². The average Bonchev–Trinajstić information content (AvgIpc) is 3.37. The first-order chi connectivity index (χ1) is 12.3. The Labute approximate surface area is 146 Å². The summed E-state index contributed by atoms with van der Waals surface area (Å²) in [5.41, 5.74) is 2.11. The average molecular weight is 328 g/mol. The quantitative estimate of drug-likeness (QED) is 0.743. The highest BCUT2D eigenvalue weighted by Gasteiger charge is 2.27. The van der Waals surface area contributed by atoms with Crippen LogP contribution >= 0.6 is 0 Å². The van der Waals surface area contributed by atoms with Gasteiger partial charge in [0.05, 0.1) is 24.2 Å². The van der Waals surface area contributed by atoms with Gasteiger partial charge in [-0.25, -0.2) is 0 Å². The lowest BCUT2D eigenvalue weighted by Crippen LogP contribution is -2.24. The lowest BCUT2D eigenvalue weighted by Gasteiger charge is -2.21. The fraction of sp³-hybridized carbons (Fsp3) is 0.381. The van der Waals surface area contributed by atoms with Crippen molar-refractivity contribution >= 4 is 34.3 Å². The Morgan fingerprint density at radius 2 is 2.16 bits per heavy atom. The SMILES string of the molecule is C=c1c2c3c(nccc3c3cn([C@@H](CC#N)C4CCCC4)nc13)CC=2. The molecule has 0 N–H and O–H groups in total. The summed E-state index contributed by atoms with van der Waals surface area (Å²) in [5, 5.41) is 20.0. The third-order valence-electron chi connectivity index (χ3n) is 6.02. The van der Waals surface area contributed by atoms with Crippen molar-refractivity contribution in [2.75, 3.05) is 0 Å². The number of fused-ring (bicyclic) bond motifs is 2. The molecule has 2 heterocycles. The van der Waals surface area contributed by atoms with Crippen LogP contribution in [0.4, 0.5) is 0 Å². The van der Waals surface area contributed by atoms with E-state index >= 15 is 0 Å². The molecule has 1 fully saturated rings. The molecule has 0 unspecified atom stereocenters. The number of aromatic nitrogens is 3. The minimum atomic E-state index is 0.172. The predicted molar refractivity (Wildman–Crippen MR) is 99.2 cm³/mol. The second kappa shape index (κ2) is 5.42. The highest BCUT2D eigenvalue weighted by atomic mass is 15.3. The molecule has 25 heavy (non-hydrogen) atoms. The summed E-state index contributed by atoms with van der Waals surface area (Å²) in [6, 6.07) is 4.64. The molecule has 0 saturated heterocycles. The third-order valence-corrected chi connectivity index (χ3v) is 6.02. The van der Waals surface area contributed by atoms with Gasteiger partial charge in [-0.1, -0.05) is 25.5 Å². The van der Waals surface area contributed by atoms with E-state index in [1.54, 1.807) is 0 Å². The summed E-state index contributed by atoms with van der Waals surface area (Å²) in [7, 11) is 0. The summed E-state index contributed by atoms with van der Waals surface area (Å²) in [5.74, 6) is 0.560. The van der Waals surface area contributed by atoms with Crippen LogP contribution in [0.3, 0.4) is 0 Å². The fourth-order valence-electron chi connectivity index (χ4n) is 4.78. The minimum Gasteiger partial charge on any atom is -0.267 e. The molecule has 1 atom stereocenters. The zero-order valence-electron chi connectivity index (χ0n) is 14.2. The van der Waals surface area contributed by atoms with E-state index in [2.05, 4.69) is 40.7 Å². The normalized spacial score (nSPS) is 17.9. The molecular weight excluding hydrogens is 308 g/mol. The second-order valence-electron chi connectivity index (χ2n) is 7.33. The van der Waals surface area contributed by atoms with Gasteiger partial charge in [-0.15, -0.1) is 0 Å². The van der Waals surface area contributed by atoms with Crippen molar-refractivity contribution in [3.8, 4) is 6.07 Å². The van der Waals surface area contributed by atoms with E-state index in [-0.39, 0.29) is 6.04 Å². The topological polar surface area (TPSA) is 54.5 Å². The van der Waals surface area contributed by atoms with Crippen LogP contribution in [0.5, 0.6) is 0 Å². The van der Waals surface area contributed by atoms with Crippen molar-refractivity contribution in [3.63, 3.8) is 0 Å². The van der Waals surface area contributed by atoms with Gasteiger partial charge in [-0.2, -0.15) is 10.4 Å². The Morgan fingerprint density at radius 3 is 2.96 bits per heavy atom. The lowest BCUT2D eigenvalue weighted by atomic mass is 9.96. The van der Waals surface area contributed by atoms with Crippen LogP contribution < -0.4 is 10.4 Å². The third kappa shape index (κ3) is 2.05. The smallest absolute Gasteiger partial charge is 0.100 e. The van der Waals surface area contributed by atoms with Crippen LogP contribution in [0.2, 0.25) is 0 Å². The Morgan fingerprint density at radius 1 is 1.32 bits per heavy atom. The highest BCUT2D eigenvalue weighted by Crippen LogP contribution is 2.36. The van der Waals surface area contributed by atoms with Gasteiger partial charge in [0.25, 0.3) is 0 Å². The molecule has 2 aliphatic rings. The van der Waals surface area contributed by atoms with Crippen LogP contribution in [-0.4, -0.2) is 14.8 Å². The standard InChI is InChI=1S/C21H20N4/c1-13-15-6-7-18-20(15)16(9-11-23-18)17-12-25(24-21(13)17)19(8-10-22)14-4-2-3-5-14/h6,9,11-12,14,19H,1-5,7-8H2/t19-/m0/s1. The second-order valence-corrected chi connectivity index (χ2v) is 7.33. The molecule has 0 spiro atoms. The molecule has 0 bridgehead atoms. The van der Waals surface area contributed by atoms with E-state index in [4.69, 9.17) is 5.10 Å². The molecule has 0 amide bonds. The maximum atomic E-state index is 9.33. The summed E-state index contributed by atoms with van der Waals surface area (Å²) >= 11 is 0. The fourth-order valence-corrected chi connectivity index (χ4v) is 4.78. The van der Waals surface area contributed by atoms with E-state index in [1.165, 1.54) is 41.7 Å². The number of nitriles is 1. The number of nitrogens with zero attached hydrogens (tertiary/aromatic N) is 4. The van der Waals surface area contributed by atoms with Crippen molar-refractivity contribution in [1.29, 1.82) is 5.26 Å². The number of benzene rings is 1. The van der Waals surface area contributed by atoms with Crippen LogP contribution in [0.1, 0.15) is 43.8 Å². The first-order valence-electron chi connectivity index (χ1n) is 9.12. The molecule has 5 rings (SSSR count). The highest BCUT2D eigenvalue weighted by molar-refractivity contribution is 6.08. The molecule has 2 aromatic heterocycles. The minimum absolute atomic E-state index is 0.172. The Balaban J connectivity index is 1.78. The Kier molecular flexibility index (Phi) is 3.18. The van der Waals surface area contributed by atoms with Gasteiger partial charge in [0, 0.05) is 34.8 Å². The van der Waals surface area contributed by atoms with E-state index < -0.39 is 0 Å². The summed E-state index contributed by atoms with van der Waals surface area (Å²) < 4.78 is 2.06. The van der Waals surface area contributed by atoms with Gasteiger partial charge in [-0.3, -0.25) is 9.67 Å². The van der Waals surface area contributed by atoms with Crippen LogP contribution in [-0.2, 0) is 6.42 Å². The summed E-state index contributed by atoms with van der Waals surface area (Å²) in [4.78, 5) is 4.53. The van der Waals surface area contributed by atoms with Crippen LogP contribution in [0.25, 0.3) is 34.3 Å². The molecular formula is C21H20N4. The molecule has 0 radical (unpaired) electrons. The van der Waals surface area contributed by atoms with Gasteiger partial charge >= 0.3 is 0 Å². The maximum absolute atomic E-state index is 9.33. The van der Waals surface area contributed by atoms with Gasteiger partial charge in [0.1, 0.15) is 5.52 Å². The first kappa shape index (κ1) is 14.7. The van der Waals surface area contributed by atoms with Crippen LogP contribution in [0, 0.1) is 17.2 Å². The largest absolute Gasteiger partial charge is 0.267 e. The first-order valence-corrected chi connectivity index (χ1v) is 9.12. The molecule has 4 heteroatoms. The summed E-state index contributed by atoms with van der Waals surface area (Å²) in [6.07, 6.45) is 12.6. The van der Waals surface area contributed by atoms with Crippen molar-refractivity contribution in [1.82, 2.24) is 14.8 Å². The van der Waals surface area contributed by atoms with E-state index in [0.717, 1.165) is 28.2 Å². The van der Waals surface area contributed by atoms with Gasteiger partial charge < -0.3 is 0 Å². The number of rotatable bonds is 3. The van der Waals surface area contributed by atoms with Crippen molar-refractivity contribution in [2.45, 2.75) is 44.6 Å². The zero-order chi connectivity index (χ0) is 17.0. The Hall–Kier alpha value is -2.67. The summed E-state index contributed by atoms with van der Waals surface area (Å²) in [6.45, 7) is 4.32. The van der Waals surface area contributed by atoms with E-state index in [1.807, 2.05) is 6.20 Å². The molecule has 2 aliphatic carbocycles. The monoisotopic (exact) mass is 328 g/mol. The zero-order valence-corrected chi connectivity index (χ0v) is 14.2. The predicted octanol–water partition coefficient (Wildman–Crippen LogP) is 2.98. The molecule has 4 nitrogen and oxygen atoms in total. The Bertz CT molecular complexity index is 1140. The van der Waals surface area contributed by atoms with Crippen molar-refractivity contribution < 1.29 is 0 Å². The van der Waals surface area contributed by atoms with Gasteiger partial charge in [-0.05, 0) is 35.4 Å². The van der Waals surface area contributed by atoms with Gasteiger partial charge in [0.2, 0.25) is 0 Å². The molecule has 3 aromatic rings. The molecule has 1 aromatic carbocycles.